The number of hydrogen-bond acceptors (Lipinski definition) is 8. The van der Waals surface area contributed by atoms with E-state index in [1.54, 1.807) is 20.3 Å². The van der Waals surface area contributed by atoms with Crippen LogP contribution in [0.25, 0.3) is 0 Å². The summed E-state index contributed by atoms with van der Waals surface area (Å²) in [7, 11) is 3.25. The fraction of sp³-hybridized carbons (Fsp3) is 0.577. The van der Waals surface area contributed by atoms with E-state index in [1.165, 1.54) is 0 Å². The largest absolute Gasteiger partial charge is 0.507 e. The van der Waals surface area contributed by atoms with Crippen LogP contribution in [0.1, 0.15) is 54.4 Å². The Morgan fingerprint density at radius 3 is 2.18 bits per heavy atom. The Morgan fingerprint density at radius 2 is 1.65 bits per heavy atom. The van der Waals surface area contributed by atoms with Crippen molar-refractivity contribution in [2.45, 2.75) is 37.5 Å². The summed E-state index contributed by atoms with van der Waals surface area (Å²) in [5, 5.41) is 11.0. The van der Waals surface area contributed by atoms with E-state index in [2.05, 4.69) is 0 Å². The molecule has 1 aliphatic rings. The van der Waals surface area contributed by atoms with Gasteiger partial charge in [-0.15, -0.1) is 0 Å². The van der Waals surface area contributed by atoms with Crippen molar-refractivity contribution < 1.29 is 28.5 Å². The van der Waals surface area contributed by atoms with Gasteiger partial charge < -0.3 is 34.2 Å². The van der Waals surface area contributed by atoms with E-state index in [-0.39, 0.29) is 17.6 Å². The van der Waals surface area contributed by atoms with E-state index in [0.29, 0.717) is 75.4 Å². The Hall–Kier alpha value is -2.39. The Kier molecular flexibility index (Phi) is 10.4. The molecule has 1 atom stereocenters. The van der Waals surface area contributed by atoms with Crippen LogP contribution in [0.3, 0.4) is 0 Å². The van der Waals surface area contributed by atoms with Crippen LogP contribution in [0.5, 0.6) is 5.75 Å². The zero-order chi connectivity index (χ0) is 24.3. The van der Waals surface area contributed by atoms with Crippen molar-refractivity contribution in [2.75, 3.05) is 59.6 Å². The molecule has 1 aromatic carbocycles. The average Bonchev–Trinajstić information content (AvgIpc) is 3.64. The normalized spacial score (nSPS) is 14.6. The van der Waals surface area contributed by atoms with Crippen LogP contribution >= 0.6 is 0 Å². The number of nitrogens with two attached hydrogens (primary N) is 1. The first-order valence-corrected chi connectivity index (χ1v) is 11.9. The second-order valence-corrected chi connectivity index (χ2v) is 8.70. The molecule has 34 heavy (non-hydrogen) atoms. The predicted molar refractivity (Wildman–Crippen MR) is 129 cm³/mol. The minimum atomic E-state index is -0.500. The molecule has 3 N–H and O–H groups in total. The van der Waals surface area contributed by atoms with Crippen LogP contribution in [-0.2, 0) is 18.9 Å². The second kappa shape index (κ2) is 13.5. The maximum Gasteiger partial charge on any atom is 0.343 e. The number of nitrogen functional groups attached to an aromatic ring is 1. The fourth-order valence-electron chi connectivity index (χ4n) is 4.22. The van der Waals surface area contributed by atoms with Gasteiger partial charge in [0.15, 0.2) is 0 Å². The lowest BCUT2D eigenvalue weighted by Gasteiger charge is -2.20. The Labute approximate surface area is 201 Å². The first kappa shape index (κ1) is 26.2. The highest BCUT2D eigenvalue weighted by atomic mass is 16.5. The number of benzene rings is 1. The summed E-state index contributed by atoms with van der Waals surface area (Å²) in [6.07, 6.45) is 3.25. The molecule has 0 bridgehead atoms. The SMILES string of the molecule is COCCOCCC(CCOCCOC)c1cc(O)c(C(c2cccc(N)c2)C2CC2)c(=O)o1. The number of methoxy groups -OCH3 is 2. The van der Waals surface area contributed by atoms with Crippen LogP contribution in [0.2, 0.25) is 0 Å². The van der Waals surface area contributed by atoms with Gasteiger partial charge in [-0.1, -0.05) is 12.1 Å². The van der Waals surface area contributed by atoms with Crippen LogP contribution < -0.4 is 11.4 Å². The third kappa shape index (κ3) is 7.56. The number of hydrogen-bond donors (Lipinski definition) is 2. The van der Waals surface area contributed by atoms with Gasteiger partial charge in [0.25, 0.3) is 0 Å². The molecule has 0 radical (unpaired) electrons. The molecular weight excluding hydrogens is 438 g/mol. The summed E-state index contributed by atoms with van der Waals surface area (Å²) in [5.41, 5.74) is 7.35. The maximum atomic E-state index is 13.2. The van der Waals surface area contributed by atoms with Gasteiger partial charge in [0.05, 0.1) is 32.0 Å². The van der Waals surface area contributed by atoms with E-state index in [1.807, 2.05) is 24.3 Å². The minimum Gasteiger partial charge on any atom is -0.507 e. The lowest BCUT2D eigenvalue weighted by Crippen LogP contribution is -2.18. The van der Waals surface area contributed by atoms with Crippen molar-refractivity contribution in [2.24, 2.45) is 5.92 Å². The minimum absolute atomic E-state index is 0.0313. The van der Waals surface area contributed by atoms with Crippen molar-refractivity contribution >= 4 is 5.69 Å². The molecule has 1 unspecified atom stereocenters. The van der Waals surface area contributed by atoms with Crippen LogP contribution in [0.15, 0.2) is 39.5 Å². The Morgan fingerprint density at radius 1 is 1.00 bits per heavy atom. The number of ether oxygens (including phenoxy) is 4. The molecule has 0 aliphatic heterocycles. The predicted octanol–water partition coefficient (Wildman–Crippen LogP) is 3.66. The van der Waals surface area contributed by atoms with Crippen molar-refractivity contribution in [3.63, 3.8) is 0 Å². The number of anilines is 1. The first-order valence-electron chi connectivity index (χ1n) is 11.9. The highest BCUT2D eigenvalue weighted by Gasteiger charge is 2.37. The highest BCUT2D eigenvalue weighted by Crippen LogP contribution is 2.48. The third-order valence-electron chi connectivity index (χ3n) is 6.15. The monoisotopic (exact) mass is 475 g/mol. The highest BCUT2D eigenvalue weighted by molar-refractivity contribution is 5.47. The fourth-order valence-corrected chi connectivity index (χ4v) is 4.22. The Balaban J connectivity index is 1.80. The topological polar surface area (TPSA) is 113 Å². The summed E-state index contributed by atoms with van der Waals surface area (Å²) in [4.78, 5) is 13.2. The van der Waals surface area contributed by atoms with E-state index in [0.717, 1.165) is 18.4 Å². The van der Waals surface area contributed by atoms with Crippen molar-refractivity contribution in [1.29, 1.82) is 0 Å². The van der Waals surface area contributed by atoms with Gasteiger partial charge >= 0.3 is 5.63 Å². The van der Waals surface area contributed by atoms with Crippen LogP contribution in [0, 0.1) is 5.92 Å². The standard InChI is InChI=1S/C26H37NO7/c1-30-12-14-32-10-8-18(9-11-33-15-13-31-2)23-17-22(28)25(26(29)34-23)24(19-6-7-19)20-4-3-5-21(27)16-20/h3-5,16-19,24,28H,6-15,27H2,1-2H3. The zero-order valence-electron chi connectivity index (χ0n) is 20.2. The molecule has 3 rings (SSSR count). The van der Waals surface area contributed by atoms with E-state index < -0.39 is 5.63 Å². The molecule has 8 heteroatoms. The smallest absolute Gasteiger partial charge is 0.343 e. The van der Waals surface area contributed by atoms with Gasteiger partial charge in [0.1, 0.15) is 11.5 Å². The van der Waals surface area contributed by atoms with Crippen molar-refractivity contribution in [1.82, 2.24) is 0 Å². The molecule has 1 aliphatic carbocycles. The van der Waals surface area contributed by atoms with E-state index in [9.17, 15) is 9.90 Å². The first-order chi connectivity index (χ1) is 16.5. The Bertz CT molecular complexity index is 927. The summed E-state index contributed by atoms with van der Waals surface area (Å²) >= 11 is 0. The molecule has 0 amide bonds. The summed E-state index contributed by atoms with van der Waals surface area (Å²) in [6.45, 7) is 2.97. The lowest BCUT2D eigenvalue weighted by molar-refractivity contribution is 0.0546. The second-order valence-electron chi connectivity index (χ2n) is 8.70. The molecular formula is C26H37NO7. The molecule has 0 saturated heterocycles. The molecule has 8 nitrogen and oxygen atoms in total. The van der Waals surface area contributed by atoms with Crippen molar-refractivity contribution in [3.8, 4) is 5.75 Å². The summed E-state index contributed by atoms with van der Waals surface area (Å²) in [6, 6.07) is 9.09. The average molecular weight is 476 g/mol. The molecule has 0 spiro atoms. The summed E-state index contributed by atoms with van der Waals surface area (Å²) in [5.74, 6) is 0.335. The molecule has 1 aromatic heterocycles. The zero-order valence-corrected chi connectivity index (χ0v) is 20.2. The van der Waals surface area contributed by atoms with Gasteiger partial charge in [-0.25, -0.2) is 4.79 Å². The quantitative estimate of drug-likeness (QED) is 0.279. The molecule has 188 valence electrons. The lowest BCUT2D eigenvalue weighted by atomic mass is 9.86. The van der Waals surface area contributed by atoms with E-state index in [4.69, 9.17) is 29.1 Å². The van der Waals surface area contributed by atoms with Gasteiger partial charge in [-0.3, -0.25) is 0 Å². The maximum absolute atomic E-state index is 13.2. The van der Waals surface area contributed by atoms with Gasteiger partial charge in [-0.05, 0) is 49.3 Å². The van der Waals surface area contributed by atoms with Gasteiger partial charge in [-0.2, -0.15) is 0 Å². The number of rotatable bonds is 16. The van der Waals surface area contributed by atoms with Gasteiger partial charge in [0.2, 0.25) is 0 Å². The van der Waals surface area contributed by atoms with Gasteiger partial charge in [0, 0.05) is 51.0 Å². The van der Waals surface area contributed by atoms with Crippen LogP contribution in [-0.4, -0.2) is 59.0 Å². The van der Waals surface area contributed by atoms with E-state index >= 15 is 0 Å². The molecule has 1 saturated carbocycles. The third-order valence-corrected chi connectivity index (χ3v) is 6.15. The summed E-state index contributed by atoms with van der Waals surface area (Å²) < 4.78 is 27.1. The van der Waals surface area contributed by atoms with Crippen molar-refractivity contribution in [3.05, 3.63) is 57.6 Å². The van der Waals surface area contributed by atoms with Crippen LogP contribution in [0.4, 0.5) is 5.69 Å². The number of aromatic hydroxyl groups is 1. The molecule has 2 aromatic rings. The molecule has 1 fully saturated rings. The molecule has 1 heterocycles.